The number of benzene rings is 1. The molecule has 0 unspecified atom stereocenters. The quantitative estimate of drug-likeness (QED) is 0.837. The van der Waals surface area contributed by atoms with Crippen LogP contribution in [0.15, 0.2) is 23.1 Å². The van der Waals surface area contributed by atoms with Gasteiger partial charge in [-0.05, 0) is 31.0 Å². The molecule has 1 aromatic carbocycles. The maximum atomic E-state index is 12.5. The summed E-state index contributed by atoms with van der Waals surface area (Å²) in [7, 11) is -3.44. The Balaban J connectivity index is 2.26. The van der Waals surface area contributed by atoms with Gasteiger partial charge in [-0.1, -0.05) is 30.9 Å². The number of halogens is 1. The maximum Gasteiger partial charge on any atom is 0.253 e. The SMILES string of the molecule is CS(=O)(=O)c1cc(C(=O)N2CCCCCCC2)ccc1Cl. The van der Waals surface area contributed by atoms with E-state index in [1.807, 2.05) is 4.90 Å². The van der Waals surface area contributed by atoms with E-state index in [-0.39, 0.29) is 15.8 Å². The number of likely N-dealkylation sites (tertiary alicyclic amines) is 1. The van der Waals surface area contributed by atoms with Crippen LogP contribution < -0.4 is 0 Å². The lowest BCUT2D eigenvalue weighted by molar-refractivity contribution is 0.0742. The maximum absolute atomic E-state index is 12.5. The van der Waals surface area contributed by atoms with Crippen LogP contribution >= 0.6 is 11.6 Å². The highest BCUT2D eigenvalue weighted by Gasteiger charge is 2.20. The first-order chi connectivity index (χ1) is 9.89. The molecular formula is C15H20ClNO3S. The first-order valence-corrected chi connectivity index (χ1v) is 9.45. The van der Waals surface area contributed by atoms with Crippen molar-refractivity contribution in [2.45, 2.75) is 37.0 Å². The molecule has 1 heterocycles. The third kappa shape index (κ3) is 4.20. The summed E-state index contributed by atoms with van der Waals surface area (Å²) >= 11 is 5.91. The minimum absolute atomic E-state index is 0.0158. The number of carbonyl (C=O) groups is 1. The van der Waals surface area contributed by atoms with Gasteiger partial charge in [0, 0.05) is 24.9 Å². The number of carbonyl (C=O) groups excluding carboxylic acids is 1. The fourth-order valence-electron chi connectivity index (χ4n) is 2.55. The monoisotopic (exact) mass is 329 g/mol. The first kappa shape index (κ1) is 16.3. The molecule has 0 atom stereocenters. The number of hydrogen-bond acceptors (Lipinski definition) is 3. The van der Waals surface area contributed by atoms with Gasteiger partial charge in [0.1, 0.15) is 0 Å². The summed E-state index contributed by atoms with van der Waals surface area (Å²) in [5, 5.41) is 0.154. The lowest BCUT2D eigenvalue weighted by Crippen LogP contribution is -2.33. The Hall–Kier alpha value is -1.07. The zero-order valence-corrected chi connectivity index (χ0v) is 13.7. The van der Waals surface area contributed by atoms with Gasteiger partial charge < -0.3 is 4.90 Å². The predicted molar refractivity (Wildman–Crippen MR) is 83.6 cm³/mol. The first-order valence-electron chi connectivity index (χ1n) is 7.18. The Kier molecular flexibility index (Phi) is 5.27. The van der Waals surface area contributed by atoms with Crippen LogP contribution in [0.2, 0.25) is 5.02 Å². The van der Waals surface area contributed by atoms with E-state index in [1.54, 1.807) is 6.07 Å². The van der Waals surface area contributed by atoms with E-state index in [2.05, 4.69) is 0 Å². The molecule has 0 radical (unpaired) electrons. The standard InChI is InChI=1S/C15H20ClNO3S/c1-21(19,20)14-11-12(7-8-13(14)16)15(18)17-9-5-3-2-4-6-10-17/h7-8,11H,2-6,9-10H2,1H3. The van der Waals surface area contributed by atoms with Crippen LogP contribution in [0, 0.1) is 0 Å². The molecule has 0 bridgehead atoms. The van der Waals surface area contributed by atoms with E-state index >= 15 is 0 Å². The van der Waals surface area contributed by atoms with Gasteiger partial charge in [-0.2, -0.15) is 0 Å². The van der Waals surface area contributed by atoms with Crippen LogP contribution in [0.4, 0.5) is 0 Å². The normalized spacial score (nSPS) is 17.1. The van der Waals surface area contributed by atoms with Gasteiger partial charge >= 0.3 is 0 Å². The van der Waals surface area contributed by atoms with Crippen molar-refractivity contribution in [3.63, 3.8) is 0 Å². The molecule has 1 aliphatic rings. The molecule has 0 aromatic heterocycles. The Morgan fingerprint density at radius 3 is 2.24 bits per heavy atom. The molecule has 0 N–H and O–H groups in total. The van der Waals surface area contributed by atoms with Gasteiger partial charge in [0.15, 0.2) is 9.84 Å². The van der Waals surface area contributed by atoms with Crippen LogP contribution in [0.1, 0.15) is 42.5 Å². The van der Waals surface area contributed by atoms with Crippen LogP contribution in [-0.4, -0.2) is 38.6 Å². The second kappa shape index (κ2) is 6.79. The molecule has 4 nitrogen and oxygen atoms in total. The molecule has 1 amide bonds. The molecule has 0 saturated carbocycles. The van der Waals surface area contributed by atoms with E-state index in [9.17, 15) is 13.2 Å². The minimum Gasteiger partial charge on any atom is -0.339 e. The topological polar surface area (TPSA) is 54.5 Å². The molecule has 21 heavy (non-hydrogen) atoms. The lowest BCUT2D eigenvalue weighted by atomic mass is 10.1. The van der Waals surface area contributed by atoms with Crippen molar-refractivity contribution in [2.24, 2.45) is 0 Å². The largest absolute Gasteiger partial charge is 0.339 e. The van der Waals surface area contributed by atoms with E-state index in [1.165, 1.54) is 18.6 Å². The van der Waals surface area contributed by atoms with Crippen molar-refractivity contribution in [1.82, 2.24) is 4.90 Å². The predicted octanol–water partition coefficient (Wildman–Crippen LogP) is 3.15. The summed E-state index contributed by atoms with van der Waals surface area (Å²) < 4.78 is 23.4. The summed E-state index contributed by atoms with van der Waals surface area (Å²) in [4.78, 5) is 14.4. The molecule has 0 aliphatic carbocycles. The highest BCUT2D eigenvalue weighted by Crippen LogP contribution is 2.24. The average Bonchev–Trinajstić information content (AvgIpc) is 2.36. The van der Waals surface area contributed by atoms with Gasteiger partial charge in [0.25, 0.3) is 5.91 Å². The summed E-state index contributed by atoms with van der Waals surface area (Å²) in [5.41, 5.74) is 0.389. The van der Waals surface area contributed by atoms with Crippen molar-refractivity contribution >= 4 is 27.3 Å². The number of amides is 1. The molecule has 6 heteroatoms. The molecule has 0 spiro atoms. The third-order valence-corrected chi connectivity index (χ3v) is 5.30. The highest BCUT2D eigenvalue weighted by atomic mass is 35.5. The Morgan fingerprint density at radius 1 is 1.10 bits per heavy atom. The van der Waals surface area contributed by atoms with Crippen molar-refractivity contribution in [3.05, 3.63) is 28.8 Å². The lowest BCUT2D eigenvalue weighted by Gasteiger charge is -2.25. The second-order valence-electron chi connectivity index (χ2n) is 5.48. The van der Waals surface area contributed by atoms with Gasteiger partial charge in [0.2, 0.25) is 0 Å². The van der Waals surface area contributed by atoms with Crippen molar-refractivity contribution in [3.8, 4) is 0 Å². The summed E-state index contributed by atoms with van der Waals surface area (Å²) in [5.74, 6) is -0.113. The average molecular weight is 330 g/mol. The van der Waals surface area contributed by atoms with Crippen molar-refractivity contribution < 1.29 is 13.2 Å². The fourth-order valence-corrected chi connectivity index (χ4v) is 3.85. The molecular weight excluding hydrogens is 310 g/mol. The van der Waals surface area contributed by atoms with Crippen LogP contribution in [0.5, 0.6) is 0 Å². The van der Waals surface area contributed by atoms with Gasteiger partial charge in [-0.3, -0.25) is 4.79 Å². The highest BCUT2D eigenvalue weighted by molar-refractivity contribution is 7.90. The molecule has 1 aliphatic heterocycles. The Morgan fingerprint density at radius 2 is 1.67 bits per heavy atom. The zero-order valence-electron chi connectivity index (χ0n) is 12.1. The summed E-state index contributed by atoms with van der Waals surface area (Å²) in [6.45, 7) is 1.46. The van der Waals surface area contributed by atoms with Crippen molar-refractivity contribution in [1.29, 1.82) is 0 Å². The van der Waals surface area contributed by atoms with Crippen LogP contribution in [0.3, 0.4) is 0 Å². The number of sulfone groups is 1. The van der Waals surface area contributed by atoms with Gasteiger partial charge in [-0.15, -0.1) is 0 Å². The fraction of sp³-hybridized carbons (Fsp3) is 0.533. The Bertz CT molecular complexity index is 620. The van der Waals surface area contributed by atoms with E-state index in [0.717, 1.165) is 45.0 Å². The number of nitrogens with zero attached hydrogens (tertiary/aromatic N) is 1. The zero-order chi connectivity index (χ0) is 15.5. The molecule has 2 rings (SSSR count). The van der Waals surface area contributed by atoms with Gasteiger partial charge in [-0.25, -0.2) is 8.42 Å². The molecule has 1 aromatic rings. The second-order valence-corrected chi connectivity index (χ2v) is 7.87. The van der Waals surface area contributed by atoms with Crippen molar-refractivity contribution in [2.75, 3.05) is 19.3 Å². The van der Waals surface area contributed by atoms with Crippen LogP contribution in [-0.2, 0) is 9.84 Å². The summed E-state index contributed by atoms with van der Waals surface area (Å²) in [6, 6.07) is 4.46. The minimum atomic E-state index is -3.44. The van der Waals surface area contributed by atoms with E-state index < -0.39 is 9.84 Å². The van der Waals surface area contributed by atoms with E-state index in [0.29, 0.717) is 5.56 Å². The number of hydrogen-bond donors (Lipinski definition) is 0. The van der Waals surface area contributed by atoms with Gasteiger partial charge in [0.05, 0.1) is 9.92 Å². The van der Waals surface area contributed by atoms with E-state index in [4.69, 9.17) is 11.6 Å². The third-order valence-electron chi connectivity index (χ3n) is 3.72. The summed E-state index contributed by atoms with van der Waals surface area (Å²) in [6.07, 6.45) is 6.59. The molecule has 1 saturated heterocycles. The number of rotatable bonds is 2. The smallest absolute Gasteiger partial charge is 0.253 e. The Labute approximate surface area is 131 Å². The molecule has 116 valence electrons. The molecule has 1 fully saturated rings. The van der Waals surface area contributed by atoms with Crippen LogP contribution in [0.25, 0.3) is 0 Å².